The highest BCUT2D eigenvalue weighted by molar-refractivity contribution is 5.91. The summed E-state index contributed by atoms with van der Waals surface area (Å²) in [6.45, 7) is -0.743. The Morgan fingerprint density at radius 3 is 2.54 bits per heavy atom. The number of carbonyl (C=O) groups is 4. The van der Waals surface area contributed by atoms with Gasteiger partial charge in [0.2, 0.25) is 11.8 Å². The smallest absolute Gasteiger partial charge is 0.305 e. The third kappa shape index (κ3) is 6.14. The molecule has 0 spiro atoms. The van der Waals surface area contributed by atoms with E-state index in [1.807, 2.05) is 0 Å². The predicted octanol–water partition coefficient (Wildman–Crippen LogP) is -3.08. The lowest BCUT2D eigenvalue weighted by Crippen LogP contribution is -2.55. The Morgan fingerprint density at radius 1 is 1.33 bits per heavy atom. The predicted molar refractivity (Wildman–Crippen MR) is 79.5 cm³/mol. The van der Waals surface area contributed by atoms with Crippen molar-refractivity contribution in [2.75, 3.05) is 6.61 Å². The van der Waals surface area contributed by atoms with Gasteiger partial charge in [-0.1, -0.05) is 0 Å². The first-order valence-corrected chi connectivity index (χ1v) is 6.98. The van der Waals surface area contributed by atoms with E-state index in [0.29, 0.717) is 5.69 Å². The molecule has 0 aromatic carbocycles. The number of imidazole rings is 1. The number of hydrogen-bond donors (Lipinski definition) is 6. The molecule has 0 aliphatic rings. The maximum atomic E-state index is 12.0. The van der Waals surface area contributed by atoms with Gasteiger partial charge in [-0.15, -0.1) is 0 Å². The van der Waals surface area contributed by atoms with Crippen LogP contribution in [0.1, 0.15) is 12.1 Å². The highest BCUT2D eigenvalue weighted by Gasteiger charge is 2.25. The summed E-state index contributed by atoms with van der Waals surface area (Å²) in [5, 5.41) is 22.2. The fourth-order valence-electron chi connectivity index (χ4n) is 1.80. The van der Waals surface area contributed by atoms with Crippen molar-refractivity contribution in [3.63, 3.8) is 0 Å². The van der Waals surface area contributed by atoms with Gasteiger partial charge in [-0.05, 0) is 0 Å². The molecule has 1 aromatic rings. The number of nitrogens with one attached hydrogen (secondary N) is 3. The van der Waals surface area contributed by atoms with E-state index in [4.69, 9.17) is 10.8 Å². The highest BCUT2D eigenvalue weighted by Crippen LogP contribution is 1.98. The molecule has 2 amide bonds. The van der Waals surface area contributed by atoms with E-state index in [0.717, 1.165) is 0 Å². The van der Waals surface area contributed by atoms with Crippen LogP contribution in [0.2, 0.25) is 0 Å². The second-order valence-corrected chi connectivity index (χ2v) is 4.98. The number of H-pyrrole nitrogens is 1. The number of aromatic nitrogens is 2. The molecule has 0 aliphatic carbocycles. The Morgan fingerprint density at radius 2 is 2.04 bits per heavy atom. The number of nitrogens with zero attached hydrogens (tertiary/aromatic N) is 1. The van der Waals surface area contributed by atoms with E-state index in [1.165, 1.54) is 12.5 Å². The average Bonchev–Trinajstić information content (AvgIpc) is 3.03. The van der Waals surface area contributed by atoms with Crippen molar-refractivity contribution in [3.05, 3.63) is 18.2 Å². The number of carboxylic acids is 1. The molecule has 24 heavy (non-hydrogen) atoms. The summed E-state index contributed by atoms with van der Waals surface area (Å²) in [5.74, 6) is -2.86. The van der Waals surface area contributed by atoms with Gasteiger partial charge >= 0.3 is 5.97 Å². The van der Waals surface area contributed by atoms with Gasteiger partial charge in [0.1, 0.15) is 12.3 Å². The zero-order valence-corrected chi connectivity index (χ0v) is 12.6. The number of nitrogens with two attached hydrogens (primary N) is 1. The maximum absolute atomic E-state index is 12.0. The largest absolute Gasteiger partial charge is 0.481 e. The van der Waals surface area contributed by atoms with Crippen molar-refractivity contribution >= 4 is 24.1 Å². The molecule has 7 N–H and O–H groups in total. The summed E-state index contributed by atoms with van der Waals surface area (Å²) in [5.41, 5.74) is 6.31. The van der Waals surface area contributed by atoms with Gasteiger partial charge in [0.25, 0.3) is 0 Å². The second-order valence-electron chi connectivity index (χ2n) is 4.98. The molecule has 11 nitrogen and oxygen atoms in total. The van der Waals surface area contributed by atoms with Crippen LogP contribution in [0.15, 0.2) is 12.5 Å². The maximum Gasteiger partial charge on any atom is 0.305 e. The summed E-state index contributed by atoms with van der Waals surface area (Å²) in [6, 6.07) is -3.62. The fraction of sp³-hybridized carbons (Fsp3) is 0.462. The number of rotatable bonds is 10. The minimum absolute atomic E-state index is 0.140. The van der Waals surface area contributed by atoms with Gasteiger partial charge < -0.3 is 36.4 Å². The van der Waals surface area contributed by atoms with Gasteiger partial charge in [0.05, 0.1) is 31.4 Å². The molecule has 0 bridgehead atoms. The molecule has 1 aromatic heterocycles. The Labute approximate surface area is 136 Å². The third-order valence-corrected chi connectivity index (χ3v) is 3.03. The number of aliphatic carboxylic acids is 1. The molecule has 0 saturated carbocycles. The molecule has 132 valence electrons. The van der Waals surface area contributed by atoms with Crippen LogP contribution in [0.3, 0.4) is 0 Å². The minimum atomic E-state index is -1.36. The van der Waals surface area contributed by atoms with Crippen LogP contribution in [-0.2, 0) is 25.6 Å². The number of amides is 2. The Hall–Kier alpha value is -2.79. The van der Waals surface area contributed by atoms with Crippen LogP contribution in [0.25, 0.3) is 0 Å². The number of aldehydes is 1. The summed E-state index contributed by atoms with van der Waals surface area (Å²) in [7, 11) is 0. The first-order valence-electron chi connectivity index (χ1n) is 6.98. The molecule has 0 saturated heterocycles. The van der Waals surface area contributed by atoms with E-state index in [9.17, 15) is 24.3 Å². The zero-order valence-electron chi connectivity index (χ0n) is 12.6. The normalized spacial score (nSPS) is 14.2. The van der Waals surface area contributed by atoms with Gasteiger partial charge in [-0.25, -0.2) is 4.98 Å². The van der Waals surface area contributed by atoms with Crippen LogP contribution < -0.4 is 16.4 Å². The number of aromatic amines is 1. The molecule has 0 radical (unpaired) electrons. The molecule has 11 heteroatoms. The standard InChI is InChI=1S/C13H19N5O6/c14-9(1-7-3-15-6-16-7)12(23)18-10(5-20)13(24)17-8(4-19)2-11(21)22/h3-4,6,8-10,20H,1-2,5,14H2,(H,15,16)(H,17,24)(H,18,23)(H,21,22)/t8-,9-,10-/m0/s1. The fourth-order valence-corrected chi connectivity index (χ4v) is 1.80. The lowest BCUT2D eigenvalue weighted by Gasteiger charge is -2.20. The number of aliphatic hydroxyl groups excluding tert-OH is 1. The lowest BCUT2D eigenvalue weighted by atomic mass is 10.1. The van der Waals surface area contributed by atoms with Crippen LogP contribution in [0, 0.1) is 0 Å². The topological polar surface area (TPSA) is 187 Å². The zero-order chi connectivity index (χ0) is 18.1. The first-order chi connectivity index (χ1) is 11.4. The van der Waals surface area contributed by atoms with E-state index in [2.05, 4.69) is 20.6 Å². The lowest BCUT2D eigenvalue weighted by molar-refractivity contribution is -0.139. The molecule has 1 rings (SSSR count). The van der Waals surface area contributed by atoms with Gasteiger partial charge in [-0.3, -0.25) is 14.4 Å². The van der Waals surface area contributed by atoms with Crippen molar-refractivity contribution in [2.45, 2.75) is 31.0 Å². The molecule has 1 heterocycles. The number of aliphatic hydroxyl groups is 1. The first kappa shape index (κ1) is 19.3. The number of carboxylic acid groups (broad SMARTS) is 1. The molecule has 0 unspecified atom stereocenters. The van der Waals surface area contributed by atoms with Gasteiger partial charge in [-0.2, -0.15) is 0 Å². The van der Waals surface area contributed by atoms with E-state index in [1.54, 1.807) is 0 Å². The molecule has 3 atom stereocenters. The minimum Gasteiger partial charge on any atom is -0.481 e. The quantitative estimate of drug-likeness (QED) is 0.241. The van der Waals surface area contributed by atoms with Gasteiger partial charge in [0, 0.05) is 18.3 Å². The molecule has 0 aliphatic heterocycles. The molecular formula is C13H19N5O6. The summed E-state index contributed by atoms with van der Waals surface area (Å²) in [4.78, 5) is 51.7. The van der Waals surface area contributed by atoms with Crippen molar-refractivity contribution in [1.82, 2.24) is 20.6 Å². The number of carbonyl (C=O) groups excluding carboxylic acids is 3. The van der Waals surface area contributed by atoms with Crippen LogP contribution >= 0.6 is 0 Å². The Bertz CT molecular complexity index is 575. The van der Waals surface area contributed by atoms with E-state index >= 15 is 0 Å². The van der Waals surface area contributed by atoms with Crippen LogP contribution in [0.4, 0.5) is 0 Å². The summed E-state index contributed by atoms with van der Waals surface area (Å²) in [6.07, 6.45) is 2.70. The highest BCUT2D eigenvalue weighted by atomic mass is 16.4. The van der Waals surface area contributed by atoms with Crippen molar-refractivity contribution in [2.24, 2.45) is 5.73 Å². The number of hydrogen-bond acceptors (Lipinski definition) is 7. The second kappa shape index (κ2) is 9.37. The summed E-state index contributed by atoms with van der Waals surface area (Å²) >= 11 is 0. The Kier molecular flexibility index (Phi) is 7.52. The van der Waals surface area contributed by atoms with Crippen molar-refractivity contribution in [3.8, 4) is 0 Å². The van der Waals surface area contributed by atoms with Gasteiger partial charge in [0.15, 0.2) is 0 Å². The Balaban J connectivity index is 2.57. The van der Waals surface area contributed by atoms with Crippen LogP contribution in [0.5, 0.6) is 0 Å². The van der Waals surface area contributed by atoms with E-state index < -0.39 is 48.9 Å². The van der Waals surface area contributed by atoms with Crippen molar-refractivity contribution in [1.29, 1.82) is 0 Å². The summed E-state index contributed by atoms with van der Waals surface area (Å²) < 4.78 is 0. The SMILES string of the molecule is N[C@@H](Cc1cnc[nH]1)C(=O)N[C@@H](CO)C(=O)N[C@H](C=O)CC(=O)O. The van der Waals surface area contributed by atoms with Crippen LogP contribution in [-0.4, -0.2) is 69.0 Å². The average molecular weight is 341 g/mol. The van der Waals surface area contributed by atoms with Crippen molar-refractivity contribution < 1.29 is 29.4 Å². The monoisotopic (exact) mass is 341 g/mol. The third-order valence-electron chi connectivity index (χ3n) is 3.03. The molecule has 0 fully saturated rings. The van der Waals surface area contributed by atoms with E-state index in [-0.39, 0.29) is 12.7 Å². The molecular weight excluding hydrogens is 322 g/mol.